The van der Waals surface area contributed by atoms with E-state index in [0.29, 0.717) is 30.4 Å². The molecule has 0 saturated carbocycles. The molecule has 140 valence electrons. The van der Waals surface area contributed by atoms with E-state index in [-0.39, 0.29) is 23.5 Å². The first-order chi connectivity index (χ1) is 12.3. The van der Waals surface area contributed by atoms with Gasteiger partial charge < -0.3 is 15.5 Å². The average Bonchev–Trinajstić information content (AvgIpc) is 2.93. The van der Waals surface area contributed by atoms with Crippen LogP contribution in [0.4, 0.5) is 5.69 Å². The maximum atomic E-state index is 12.3. The number of carbonyl (C=O) groups excluding carboxylic acids is 2. The maximum absolute atomic E-state index is 12.3. The molecule has 3 rings (SSSR count). The number of thioether (sulfide) groups is 1. The molecule has 8 nitrogen and oxygen atoms in total. The van der Waals surface area contributed by atoms with Gasteiger partial charge in [-0.2, -0.15) is 0 Å². The highest BCUT2D eigenvalue weighted by Crippen LogP contribution is 2.42. The third-order valence-electron chi connectivity index (χ3n) is 3.97. The number of nitrogens with zero attached hydrogens (tertiary/aromatic N) is 2. The normalized spacial score (nSPS) is 17.3. The van der Waals surface area contributed by atoms with Crippen molar-refractivity contribution < 1.29 is 18.0 Å². The first-order valence-electron chi connectivity index (χ1n) is 8.25. The second-order valence-corrected chi connectivity index (χ2v) is 9.06. The number of hydrogen-bond acceptors (Lipinski definition) is 6. The third kappa shape index (κ3) is 4.01. The van der Waals surface area contributed by atoms with Crippen molar-refractivity contribution in [1.82, 2.24) is 10.6 Å². The zero-order valence-corrected chi connectivity index (χ0v) is 16.1. The fraction of sp³-hybridized carbons (Fsp3) is 0.438. The van der Waals surface area contributed by atoms with Crippen LogP contribution in [0.5, 0.6) is 0 Å². The molecule has 0 fully saturated rings. The summed E-state index contributed by atoms with van der Waals surface area (Å²) < 4.78 is 27.1. The van der Waals surface area contributed by atoms with Crippen LogP contribution in [-0.4, -0.2) is 50.8 Å². The van der Waals surface area contributed by atoms with E-state index >= 15 is 0 Å². The summed E-state index contributed by atoms with van der Waals surface area (Å²) in [4.78, 5) is 26.4. The fourth-order valence-electron chi connectivity index (χ4n) is 2.54. The monoisotopic (exact) mass is 396 g/mol. The fourth-order valence-corrected chi connectivity index (χ4v) is 4.84. The van der Waals surface area contributed by atoms with Gasteiger partial charge >= 0.3 is 0 Å². The van der Waals surface area contributed by atoms with Crippen molar-refractivity contribution >= 4 is 44.5 Å². The van der Waals surface area contributed by atoms with Crippen LogP contribution in [0.3, 0.4) is 0 Å². The standard InChI is InChI=1S/C16H20N4O4S2/c1-10(2)14(21)17-5-6-18-15(22)11-3-4-12-13(9-11)25-16-19-26(23,24)8-7-20(12)16/h3-4,9-10H,5-8H2,1-2H3,(H,17,21)(H,18,22). The summed E-state index contributed by atoms with van der Waals surface area (Å²) in [6.07, 6.45) is 0. The van der Waals surface area contributed by atoms with Gasteiger partial charge in [0.2, 0.25) is 5.91 Å². The van der Waals surface area contributed by atoms with Crippen molar-refractivity contribution in [3.05, 3.63) is 23.8 Å². The molecule has 26 heavy (non-hydrogen) atoms. The largest absolute Gasteiger partial charge is 0.354 e. The Labute approximate surface area is 156 Å². The lowest BCUT2D eigenvalue weighted by atomic mass is 10.2. The summed E-state index contributed by atoms with van der Waals surface area (Å²) in [5.41, 5.74) is 1.35. The number of amides is 2. The van der Waals surface area contributed by atoms with Crippen LogP contribution in [0.25, 0.3) is 0 Å². The van der Waals surface area contributed by atoms with E-state index in [1.54, 1.807) is 32.0 Å². The van der Waals surface area contributed by atoms with E-state index in [2.05, 4.69) is 15.0 Å². The van der Waals surface area contributed by atoms with Crippen molar-refractivity contribution in [2.24, 2.45) is 10.3 Å². The van der Waals surface area contributed by atoms with Gasteiger partial charge in [-0.15, -0.1) is 4.40 Å². The van der Waals surface area contributed by atoms with Gasteiger partial charge in [0.1, 0.15) is 0 Å². The van der Waals surface area contributed by atoms with Crippen LogP contribution in [0.1, 0.15) is 24.2 Å². The summed E-state index contributed by atoms with van der Waals surface area (Å²) >= 11 is 1.25. The van der Waals surface area contributed by atoms with Crippen molar-refractivity contribution in [2.75, 3.05) is 30.3 Å². The van der Waals surface area contributed by atoms with Crippen molar-refractivity contribution in [1.29, 1.82) is 0 Å². The van der Waals surface area contributed by atoms with Crippen molar-refractivity contribution in [3.63, 3.8) is 0 Å². The highest BCUT2D eigenvalue weighted by molar-refractivity contribution is 8.15. The predicted octanol–water partition coefficient (Wildman–Crippen LogP) is 0.800. The molecule has 2 amide bonds. The quantitative estimate of drug-likeness (QED) is 0.713. The minimum atomic E-state index is -3.40. The zero-order valence-electron chi connectivity index (χ0n) is 14.5. The number of carbonyl (C=O) groups is 2. The van der Waals surface area contributed by atoms with E-state index in [0.717, 1.165) is 10.6 Å². The van der Waals surface area contributed by atoms with Gasteiger partial charge in [-0.25, -0.2) is 8.42 Å². The Morgan fingerprint density at radius 1 is 1.27 bits per heavy atom. The molecule has 0 bridgehead atoms. The van der Waals surface area contributed by atoms with Gasteiger partial charge in [-0.1, -0.05) is 13.8 Å². The van der Waals surface area contributed by atoms with Gasteiger partial charge in [-0.3, -0.25) is 9.59 Å². The van der Waals surface area contributed by atoms with Crippen LogP contribution in [-0.2, 0) is 14.8 Å². The molecule has 0 atom stereocenters. The highest BCUT2D eigenvalue weighted by Gasteiger charge is 2.33. The molecular formula is C16H20N4O4S2. The van der Waals surface area contributed by atoms with Gasteiger partial charge in [0, 0.05) is 36.0 Å². The summed E-state index contributed by atoms with van der Waals surface area (Å²) in [7, 11) is -3.40. The topological polar surface area (TPSA) is 108 Å². The van der Waals surface area contributed by atoms with Gasteiger partial charge in [-0.05, 0) is 30.0 Å². The summed E-state index contributed by atoms with van der Waals surface area (Å²) in [5.74, 6) is -0.405. The van der Waals surface area contributed by atoms with Crippen LogP contribution in [0.15, 0.2) is 27.5 Å². The molecule has 1 aromatic carbocycles. The van der Waals surface area contributed by atoms with E-state index < -0.39 is 10.0 Å². The average molecular weight is 396 g/mol. The number of nitrogens with one attached hydrogen (secondary N) is 2. The Morgan fingerprint density at radius 3 is 2.73 bits per heavy atom. The number of amidine groups is 1. The first-order valence-corrected chi connectivity index (χ1v) is 10.7. The lowest BCUT2D eigenvalue weighted by Gasteiger charge is -2.22. The van der Waals surface area contributed by atoms with Gasteiger partial charge in [0.05, 0.1) is 11.4 Å². The number of benzene rings is 1. The maximum Gasteiger partial charge on any atom is 0.257 e. The second kappa shape index (κ2) is 7.28. The van der Waals surface area contributed by atoms with E-state index in [1.807, 2.05) is 4.90 Å². The molecule has 0 aromatic heterocycles. The number of hydrogen-bond donors (Lipinski definition) is 2. The summed E-state index contributed by atoms with van der Waals surface area (Å²) in [5, 5.41) is 5.92. The SMILES string of the molecule is CC(C)C(=O)NCCNC(=O)c1ccc2c(c1)SC1=NS(=O)(=O)CCN12. The molecule has 0 saturated heterocycles. The molecule has 0 spiro atoms. The van der Waals surface area contributed by atoms with Gasteiger partial charge in [0.25, 0.3) is 15.9 Å². The zero-order chi connectivity index (χ0) is 18.9. The van der Waals surface area contributed by atoms with Crippen molar-refractivity contribution in [3.8, 4) is 0 Å². The lowest BCUT2D eigenvalue weighted by Crippen LogP contribution is -2.36. The smallest absolute Gasteiger partial charge is 0.257 e. The Bertz CT molecular complexity index is 880. The molecular weight excluding hydrogens is 376 g/mol. The minimum absolute atomic E-state index is 0.0131. The Kier molecular flexibility index (Phi) is 5.24. The third-order valence-corrected chi connectivity index (χ3v) is 6.28. The van der Waals surface area contributed by atoms with Crippen LogP contribution < -0.4 is 15.5 Å². The number of sulfonamides is 1. The molecule has 2 heterocycles. The summed E-state index contributed by atoms with van der Waals surface area (Å²) in [6, 6.07) is 5.24. The molecule has 2 aliphatic rings. The molecule has 2 N–H and O–H groups in total. The number of fused-ring (bicyclic) bond motifs is 3. The molecule has 0 radical (unpaired) electrons. The van der Waals surface area contributed by atoms with Crippen LogP contribution >= 0.6 is 11.8 Å². The highest BCUT2D eigenvalue weighted by atomic mass is 32.2. The second-order valence-electron chi connectivity index (χ2n) is 6.30. The van der Waals surface area contributed by atoms with Crippen molar-refractivity contribution in [2.45, 2.75) is 18.7 Å². The Balaban J connectivity index is 1.62. The van der Waals surface area contributed by atoms with Crippen LogP contribution in [0.2, 0.25) is 0 Å². The first kappa shape index (κ1) is 18.7. The Hall–Kier alpha value is -2.07. The molecule has 0 aliphatic carbocycles. The van der Waals surface area contributed by atoms with Gasteiger partial charge in [0.15, 0.2) is 5.17 Å². The summed E-state index contributed by atoms with van der Waals surface area (Å²) in [6.45, 7) is 4.67. The molecule has 1 aromatic rings. The lowest BCUT2D eigenvalue weighted by molar-refractivity contribution is -0.123. The molecule has 10 heteroatoms. The predicted molar refractivity (Wildman–Crippen MR) is 101 cm³/mol. The number of anilines is 1. The minimum Gasteiger partial charge on any atom is -0.354 e. The van der Waals surface area contributed by atoms with E-state index in [4.69, 9.17) is 0 Å². The molecule has 2 aliphatic heterocycles. The number of rotatable bonds is 5. The van der Waals surface area contributed by atoms with Crippen LogP contribution in [0, 0.1) is 5.92 Å². The van der Waals surface area contributed by atoms with E-state index in [9.17, 15) is 18.0 Å². The molecule has 0 unspecified atom stereocenters. The Morgan fingerprint density at radius 2 is 2.00 bits per heavy atom. The van der Waals surface area contributed by atoms with E-state index in [1.165, 1.54) is 11.8 Å².